The van der Waals surface area contributed by atoms with Crippen LogP contribution < -0.4 is 16.0 Å². The van der Waals surface area contributed by atoms with Crippen LogP contribution in [0.2, 0.25) is 0 Å². The molecule has 0 atom stereocenters. The molecule has 1 aliphatic rings. The summed E-state index contributed by atoms with van der Waals surface area (Å²) in [5.41, 5.74) is 6.76. The molecular formula is C15H20N6. The van der Waals surface area contributed by atoms with E-state index in [9.17, 15) is 0 Å². The maximum absolute atomic E-state index is 5.69. The summed E-state index contributed by atoms with van der Waals surface area (Å²) in [4.78, 5) is 15.0. The van der Waals surface area contributed by atoms with Gasteiger partial charge in [0.25, 0.3) is 0 Å². The van der Waals surface area contributed by atoms with E-state index in [0.717, 1.165) is 43.1 Å². The second-order valence-electron chi connectivity index (χ2n) is 5.36. The molecule has 2 aromatic heterocycles. The number of anilines is 3. The highest BCUT2D eigenvalue weighted by Gasteiger charge is 2.21. The molecule has 0 bridgehead atoms. The molecule has 1 aliphatic heterocycles. The molecule has 6 heteroatoms. The third kappa shape index (κ3) is 3.21. The molecule has 110 valence electrons. The van der Waals surface area contributed by atoms with Crippen LogP contribution in [-0.4, -0.2) is 34.1 Å². The molecule has 0 saturated carbocycles. The lowest BCUT2D eigenvalue weighted by Crippen LogP contribution is -2.40. The van der Waals surface area contributed by atoms with E-state index >= 15 is 0 Å². The number of nitrogens with two attached hydrogens (primary N) is 1. The Labute approximate surface area is 124 Å². The van der Waals surface area contributed by atoms with Gasteiger partial charge in [0.2, 0.25) is 5.95 Å². The molecule has 3 rings (SSSR count). The Balaban J connectivity index is 1.61. The van der Waals surface area contributed by atoms with Gasteiger partial charge in [0.15, 0.2) is 0 Å². The van der Waals surface area contributed by atoms with Crippen molar-refractivity contribution < 1.29 is 0 Å². The van der Waals surface area contributed by atoms with E-state index in [4.69, 9.17) is 5.73 Å². The van der Waals surface area contributed by atoms with E-state index in [2.05, 4.69) is 25.2 Å². The van der Waals surface area contributed by atoms with Crippen molar-refractivity contribution in [1.29, 1.82) is 0 Å². The Kier molecular flexibility index (Phi) is 3.85. The molecule has 1 saturated heterocycles. The van der Waals surface area contributed by atoms with Gasteiger partial charge in [-0.2, -0.15) is 4.98 Å². The minimum atomic E-state index is 0.337. The molecule has 3 N–H and O–H groups in total. The molecule has 0 radical (unpaired) electrons. The van der Waals surface area contributed by atoms with Crippen LogP contribution in [-0.2, 0) is 0 Å². The standard InChI is InChI=1S/C15H20N6/c1-11-10-18-15(16)20-14(11)21-8-5-12(6-9-21)19-13-4-2-3-7-17-13/h2-4,7,10,12H,5-6,8-9H2,1H3,(H,17,19)(H2,16,18,20). The largest absolute Gasteiger partial charge is 0.368 e. The van der Waals surface area contributed by atoms with Crippen LogP contribution in [0.15, 0.2) is 30.6 Å². The first kappa shape index (κ1) is 13.6. The topological polar surface area (TPSA) is 80.0 Å². The lowest BCUT2D eigenvalue weighted by molar-refractivity contribution is 0.521. The highest BCUT2D eigenvalue weighted by Crippen LogP contribution is 2.23. The van der Waals surface area contributed by atoms with Crippen molar-refractivity contribution in [3.05, 3.63) is 36.2 Å². The minimum absolute atomic E-state index is 0.337. The summed E-state index contributed by atoms with van der Waals surface area (Å²) in [6.07, 6.45) is 5.71. The molecule has 0 amide bonds. The zero-order chi connectivity index (χ0) is 14.7. The van der Waals surface area contributed by atoms with Crippen LogP contribution in [0.1, 0.15) is 18.4 Å². The third-order valence-corrected chi connectivity index (χ3v) is 3.78. The van der Waals surface area contributed by atoms with Gasteiger partial charge in [0.05, 0.1) is 0 Å². The van der Waals surface area contributed by atoms with Crippen molar-refractivity contribution in [2.75, 3.05) is 29.0 Å². The smallest absolute Gasteiger partial charge is 0.221 e. The zero-order valence-corrected chi connectivity index (χ0v) is 12.2. The van der Waals surface area contributed by atoms with Crippen LogP contribution in [0.5, 0.6) is 0 Å². The van der Waals surface area contributed by atoms with Crippen LogP contribution in [0.3, 0.4) is 0 Å². The van der Waals surface area contributed by atoms with Crippen molar-refractivity contribution in [3.8, 4) is 0 Å². The number of rotatable bonds is 3. The summed E-state index contributed by atoms with van der Waals surface area (Å²) in [6.45, 7) is 3.94. The summed E-state index contributed by atoms with van der Waals surface area (Å²) in [5.74, 6) is 2.24. The fourth-order valence-corrected chi connectivity index (χ4v) is 2.66. The molecule has 21 heavy (non-hydrogen) atoms. The van der Waals surface area contributed by atoms with E-state index in [0.29, 0.717) is 12.0 Å². The Hall–Kier alpha value is -2.37. The van der Waals surface area contributed by atoms with Crippen molar-refractivity contribution >= 4 is 17.6 Å². The van der Waals surface area contributed by atoms with Gasteiger partial charge in [-0.25, -0.2) is 9.97 Å². The molecule has 6 nitrogen and oxygen atoms in total. The quantitative estimate of drug-likeness (QED) is 0.895. The van der Waals surface area contributed by atoms with Crippen LogP contribution in [0.4, 0.5) is 17.6 Å². The Morgan fingerprint density at radius 1 is 1.24 bits per heavy atom. The highest BCUT2D eigenvalue weighted by atomic mass is 15.2. The molecule has 2 aromatic rings. The van der Waals surface area contributed by atoms with Gasteiger partial charge >= 0.3 is 0 Å². The van der Waals surface area contributed by atoms with E-state index in [1.54, 1.807) is 6.20 Å². The number of hydrogen-bond acceptors (Lipinski definition) is 6. The molecule has 0 spiro atoms. The number of nitrogen functional groups attached to an aromatic ring is 1. The summed E-state index contributed by atoms with van der Waals surface area (Å²) in [5, 5.41) is 3.48. The highest BCUT2D eigenvalue weighted by molar-refractivity contribution is 5.48. The maximum atomic E-state index is 5.69. The number of piperidine rings is 1. The van der Waals surface area contributed by atoms with Gasteiger partial charge in [-0.1, -0.05) is 6.07 Å². The normalized spacial score (nSPS) is 16.0. The average Bonchev–Trinajstić information content (AvgIpc) is 2.52. The minimum Gasteiger partial charge on any atom is -0.368 e. The van der Waals surface area contributed by atoms with Crippen molar-refractivity contribution in [1.82, 2.24) is 15.0 Å². The van der Waals surface area contributed by atoms with Crippen LogP contribution in [0, 0.1) is 6.92 Å². The fraction of sp³-hybridized carbons (Fsp3) is 0.400. The lowest BCUT2D eigenvalue weighted by Gasteiger charge is -2.34. The first-order valence-corrected chi connectivity index (χ1v) is 7.24. The van der Waals surface area contributed by atoms with Gasteiger partial charge in [-0.3, -0.25) is 0 Å². The Morgan fingerprint density at radius 2 is 2.05 bits per heavy atom. The monoisotopic (exact) mass is 284 g/mol. The second kappa shape index (κ2) is 5.95. The number of nitrogens with one attached hydrogen (secondary N) is 1. The number of hydrogen-bond donors (Lipinski definition) is 2. The van der Waals surface area contributed by atoms with Crippen molar-refractivity contribution in [2.24, 2.45) is 0 Å². The summed E-state index contributed by atoms with van der Waals surface area (Å²) < 4.78 is 0. The lowest BCUT2D eigenvalue weighted by atomic mass is 10.0. The summed E-state index contributed by atoms with van der Waals surface area (Å²) >= 11 is 0. The first-order chi connectivity index (χ1) is 10.2. The SMILES string of the molecule is Cc1cnc(N)nc1N1CCC(Nc2ccccn2)CC1. The zero-order valence-electron chi connectivity index (χ0n) is 12.2. The van der Waals surface area contributed by atoms with E-state index in [-0.39, 0.29) is 0 Å². The van der Waals surface area contributed by atoms with Crippen molar-refractivity contribution in [2.45, 2.75) is 25.8 Å². The molecule has 1 fully saturated rings. The molecule has 0 aromatic carbocycles. The van der Waals surface area contributed by atoms with E-state index in [1.165, 1.54) is 0 Å². The van der Waals surface area contributed by atoms with E-state index in [1.807, 2.05) is 31.3 Å². The predicted molar refractivity (Wildman–Crippen MR) is 84.3 cm³/mol. The summed E-state index contributed by atoms with van der Waals surface area (Å²) in [7, 11) is 0. The average molecular weight is 284 g/mol. The fourth-order valence-electron chi connectivity index (χ4n) is 2.66. The van der Waals surface area contributed by atoms with Gasteiger partial charge < -0.3 is 16.0 Å². The number of nitrogens with zero attached hydrogens (tertiary/aromatic N) is 4. The van der Waals surface area contributed by atoms with Gasteiger partial charge in [-0.15, -0.1) is 0 Å². The molecule has 0 unspecified atom stereocenters. The summed E-state index contributed by atoms with van der Waals surface area (Å²) in [6, 6.07) is 6.38. The Bertz CT molecular complexity index is 592. The first-order valence-electron chi connectivity index (χ1n) is 7.24. The second-order valence-corrected chi connectivity index (χ2v) is 5.36. The molecule has 3 heterocycles. The number of aryl methyl sites for hydroxylation is 1. The van der Waals surface area contributed by atoms with Gasteiger partial charge in [0.1, 0.15) is 11.6 Å². The number of aromatic nitrogens is 3. The van der Waals surface area contributed by atoms with Crippen molar-refractivity contribution in [3.63, 3.8) is 0 Å². The Morgan fingerprint density at radius 3 is 2.76 bits per heavy atom. The van der Waals surface area contributed by atoms with Crippen LogP contribution >= 0.6 is 0 Å². The third-order valence-electron chi connectivity index (χ3n) is 3.78. The van der Waals surface area contributed by atoms with Crippen LogP contribution in [0.25, 0.3) is 0 Å². The van der Waals surface area contributed by atoms with E-state index < -0.39 is 0 Å². The molecule has 0 aliphatic carbocycles. The number of pyridine rings is 1. The maximum Gasteiger partial charge on any atom is 0.221 e. The van der Waals surface area contributed by atoms with Gasteiger partial charge in [0, 0.05) is 37.1 Å². The predicted octanol–water partition coefficient (Wildman–Crippen LogP) is 1.84. The molecular weight excluding hydrogens is 264 g/mol. The van der Waals surface area contributed by atoms with Gasteiger partial charge in [-0.05, 0) is 31.9 Å².